The van der Waals surface area contributed by atoms with E-state index >= 15 is 0 Å². The van der Waals surface area contributed by atoms with Gasteiger partial charge >= 0.3 is 0 Å². The molecule has 15 heavy (non-hydrogen) atoms. The topological polar surface area (TPSA) is 104 Å². The third-order valence-corrected chi connectivity index (χ3v) is 1.78. The summed E-state index contributed by atoms with van der Waals surface area (Å²) in [5.41, 5.74) is 5.78. The second-order valence-corrected chi connectivity index (χ2v) is 3.61. The van der Waals surface area contributed by atoms with Crippen molar-refractivity contribution in [2.75, 3.05) is 5.73 Å². The first-order valence-electron chi connectivity index (χ1n) is 4.58. The van der Waals surface area contributed by atoms with Crippen LogP contribution < -0.4 is 5.73 Å². The van der Waals surface area contributed by atoms with E-state index in [1.165, 1.54) is 0 Å². The number of hydrogen-bond acceptors (Lipinski definition) is 7. The molecular weight excluding hydrogens is 198 g/mol. The lowest BCUT2D eigenvalue weighted by Crippen LogP contribution is -1.96. The summed E-state index contributed by atoms with van der Waals surface area (Å²) in [5, 5.41) is 10.8. The minimum atomic E-state index is 0.148. The number of nitrogens with two attached hydrogens (primary N) is 1. The van der Waals surface area contributed by atoms with Crippen LogP contribution in [-0.4, -0.2) is 20.5 Å². The first-order valence-corrected chi connectivity index (χ1v) is 4.58. The molecule has 7 nitrogen and oxygen atoms in total. The molecule has 0 bridgehead atoms. The Labute approximate surface area is 85.6 Å². The predicted octanol–water partition coefficient (Wildman–Crippen LogP) is 0.900. The van der Waals surface area contributed by atoms with E-state index in [2.05, 4.69) is 38.9 Å². The van der Waals surface area contributed by atoms with Gasteiger partial charge in [0, 0.05) is 6.42 Å². The van der Waals surface area contributed by atoms with Crippen molar-refractivity contribution < 1.29 is 9.15 Å². The minimum Gasteiger partial charge on any atom is -0.379 e. The number of anilines is 1. The molecule has 2 N–H and O–H groups in total. The molecule has 2 rings (SSSR count). The summed E-state index contributed by atoms with van der Waals surface area (Å²) in [4.78, 5) is 4.13. The van der Waals surface area contributed by atoms with Crippen molar-refractivity contribution in [1.29, 1.82) is 0 Å². The molecule has 0 aliphatic rings. The molecule has 0 saturated carbocycles. The lowest BCUT2D eigenvalue weighted by atomic mass is 10.1. The van der Waals surface area contributed by atoms with E-state index in [-0.39, 0.29) is 17.4 Å². The van der Waals surface area contributed by atoms with Gasteiger partial charge in [-0.25, -0.2) is 4.63 Å². The summed E-state index contributed by atoms with van der Waals surface area (Å²) in [6.45, 7) is 4.14. The van der Waals surface area contributed by atoms with Gasteiger partial charge in [0.25, 0.3) is 5.89 Å². The summed E-state index contributed by atoms with van der Waals surface area (Å²) in [7, 11) is 0. The fourth-order valence-corrected chi connectivity index (χ4v) is 1.14. The Balaban J connectivity index is 2.24. The van der Waals surface area contributed by atoms with Crippen LogP contribution in [0.15, 0.2) is 9.15 Å². The molecule has 0 aliphatic heterocycles. The highest BCUT2D eigenvalue weighted by Gasteiger charge is 2.17. The highest BCUT2D eigenvalue weighted by molar-refractivity contribution is 5.60. The zero-order chi connectivity index (χ0) is 10.8. The van der Waals surface area contributed by atoms with Gasteiger partial charge in [-0.3, -0.25) is 0 Å². The summed E-state index contributed by atoms with van der Waals surface area (Å²) < 4.78 is 9.42. The van der Waals surface area contributed by atoms with Crippen LogP contribution in [0.4, 0.5) is 5.82 Å². The molecule has 0 radical (unpaired) electrons. The fraction of sp³-hybridized carbons (Fsp3) is 0.500. The van der Waals surface area contributed by atoms with Crippen LogP contribution in [0.5, 0.6) is 0 Å². The molecule has 7 heteroatoms. The molecule has 80 valence electrons. The van der Waals surface area contributed by atoms with E-state index in [4.69, 9.17) is 10.3 Å². The van der Waals surface area contributed by atoms with Crippen LogP contribution in [0.3, 0.4) is 0 Å². The van der Waals surface area contributed by atoms with Gasteiger partial charge in [0.1, 0.15) is 0 Å². The number of hydrogen-bond donors (Lipinski definition) is 1. The Bertz CT molecular complexity index is 447. The zero-order valence-corrected chi connectivity index (χ0v) is 8.47. The van der Waals surface area contributed by atoms with Crippen LogP contribution in [0.1, 0.15) is 19.7 Å². The molecule has 2 heterocycles. The molecule has 0 saturated heterocycles. The predicted molar refractivity (Wildman–Crippen MR) is 50.5 cm³/mol. The monoisotopic (exact) mass is 209 g/mol. The SMILES string of the molecule is CC(C)Cc1noc(-c2nonc2N)n1. The zero-order valence-electron chi connectivity index (χ0n) is 8.47. The molecule has 0 atom stereocenters. The number of nitrogen functional groups attached to an aromatic ring is 1. The molecule has 2 aromatic heterocycles. The molecule has 0 unspecified atom stereocenters. The first-order chi connectivity index (χ1) is 7.16. The quantitative estimate of drug-likeness (QED) is 0.800. The third kappa shape index (κ3) is 1.95. The lowest BCUT2D eigenvalue weighted by Gasteiger charge is -1.95. The molecule has 0 aromatic carbocycles. The number of aromatic nitrogens is 4. The van der Waals surface area contributed by atoms with E-state index in [1.807, 2.05) is 0 Å². The van der Waals surface area contributed by atoms with Crippen molar-refractivity contribution in [2.24, 2.45) is 5.92 Å². The van der Waals surface area contributed by atoms with E-state index in [9.17, 15) is 0 Å². The average Bonchev–Trinajstić information content (AvgIpc) is 2.72. The molecule has 0 amide bonds. The molecule has 2 aromatic rings. The molecular formula is C8H11N5O2. The molecule has 0 spiro atoms. The van der Waals surface area contributed by atoms with Gasteiger partial charge in [-0.05, 0) is 16.2 Å². The summed E-state index contributed by atoms with van der Waals surface area (Å²) in [6, 6.07) is 0. The van der Waals surface area contributed by atoms with Crippen molar-refractivity contribution in [1.82, 2.24) is 20.5 Å². The van der Waals surface area contributed by atoms with E-state index in [0.717, 1.165) is 6.42 Å². The average molecular weight is 209 g/mol. The maximum Gasteiger partial charge on any atom is 0.284 e. The Hall–Kier alpha value is -1.92. The van der Waals surface area contributed by atoms with Crippen molar-refractivity contribution in [3.05, 3.63) is 5.82 Å². The van der Waals surface area contributed by atoms with Gasteiger partial charge in [-0.1, -0.05) is 19.0 Å². The van der Waals surface area contributed by atoms with Gasteiger partial charge in [0.15, 0.2) is 5.82 Å². The maximum absolute atomic E-state index is 5.49. The fourth-order valence-electron chi connectivity index (χ4n) is 1.14. The Morgan fingerprint density at radius 2 is 2.07 bits per heavy atom. The van der Waals surface area contributed by atoms with E-state index in [0.29, 0.717) is 11.7 Å². The van der Waals surface area contributed by atoms with Crippen LogP contribution in [-0.2, 0) is 6.42 Å². The van der Waals surface area contributed by atoms with E-state index in [1.54, 1.807) is 0 Å². The van der Waals surface area contributed by atoms with Crippen LogP contribution in [0.25, 0.3) is 11.6 Å². The normalized spacial score (nSPS) is 11.1. The van der Waals surface area contributed by atoms with Crippen molar-refractivity contribution in [3.63, 3.8) is 0 Å². The summed E-state index contributed by atoms with van der Waals surface area (Å²) in [5.74, 6) is 1.48. The van der Waals surface area contributed by atoms with Crippen LogP contribution in [0.2, 0.25) is 0 Å². The van der Waals surface area contributed by atoms with Gasteiger partial charge < -0.3 is 10.3 Å². The molecule has 0 fully saturated rings. The van der Waals surface area contributed by atoms with Crippen molar-refractivity contribution in [3.8, 4) is 11.6 Å². The van der Waals surface area contributed by atoms with Crippen LogP contribution in [0, 0.1) is 5.92 Å². The van der Waals surface area contributed by atoms with E-state index < -0.39 is 0 Å². The first kappa shape index (κ1) is 9.63. The van der Waals surface area contributed by atoms with Gasteiger partial charge in [-0.2, -0.15) is 4.98 Å². The lowest BCUT2D eigenvalue weighted by molar-refractivity contribution is 0.308. The Kier molecular flexibility index (Phi) is 2.36. The molecule has 0 aliphatic carbocycles. The van der Waals surface area contributed by atoms with Crippen molar-refractivity contribution >= 4 is 5.82 Å². The second-order valence-electron chi connectivity index (χ2n) is 3.61. The number of rotatable bonds is 3. The van der Waals surface area contributed by atoms with Crippen LogP contribution >= 0.6 is 0 Å². The highest BCUT2D eigenvalue weighted by atomic mass is 16.6. The largest absolute Gasteiger partial charge is 0.379 e. The Morgan fingerprint density at radius 1 is 1.27 bits per heavy atom. The standard InChI is InChI=1S/C8H11N5O2/c1-4(2)3-5-10-8(14-11-5)6-7(9)13-15-12-6/h4H,3H2,1-2H3,(H2,9,13). The highest BCUT2D eigenvalue weighted by Crippen LogP contribution is 2.20. The Morgan fingerprint density at radius 3 is 2.67 bits per heavy atom. The second kappa shape index (κ2) is 3.68. The smallest absolute Gasteiger partial charge is 0.284 e. The maximum atomic E-state index is 5.49. The van der Waals surface area contributed by atoms with Crippen molar-refractivity contribution in [2.45, 2.75) is 20.3 Å². The summed E-state index contributed by atoms with van der Waals surface area (Å²) >= 11 is 0. The number of nitrogens with zero attached hydrogens (tertiary/aromatic N) is 4. The van der Waals surface area contributed by atoms with Gasteiger partial charge in [0.05, 0.1) is 0 Å². The summed E-state index contributed by atoms with van der Waals surface area (Å²) in [6.07, 6.45) is 0.745. The third-order valence-electron chi connectivity index (χ3n) is 1.78. The minimum absolute atomic E-state index is 0.148. The van der Waals surface area contributed by atoms with Gasteiger partial charge in [0.2, 0.25) is 11.5 Å². The van der Waals surface area contributed by atoms with Gasteiger partial charge in [-0.15, -0.1) is 0 Å².